The lowest BCUT2D eigenvalue weighted by Gasteiger charge is -2.11. The number of nitrogens with zero attached hydrogens (tertiary/aromatic N) is 3. The maximum Gasteiger partial charge on any atom is 0.321 e. The van der Waals surface area contributed by atoms with Gasteiger partial charge in [-0.05, 0) is 25.5 Å². The van der Waals surface area contributed by atoms with Gasteiger partial charge in [0.1, 0.15) is 0 Å². The van der Waals surface area contributed by atoms with Gasteiger partial charge in [0.15, 0.2) is 11.0 Å². The van der Waals surface area contributed by atoms with E-state index in [1.807, 2.05) is 22.8 Å². The number of carbonyl (C=O) groups is 2. The number of halogens is 1. The normalized spacial score (nSPS) is 10.6. The summed E-state index contributed by atoms with van der Waals surface area (Å²) in [4.78, 5) is 23.3. The molecule has 2 N–H and O–H groups in total. The van der Waals surface area contributed by atoms with Gasteiger partial charge < -0.3 is 14.6 Å². The average Bonchev–Trinajstić information content (AvgIpc) is 3.03. The molecule has 146 valence electrons. The molecule has 0 saturated heterocycles. The maximum atomic E-state index is 11.9. The van der Waals surface area contributed by atoms with Gasteiger partial charge in [0.05, 0.1) is 10.8 Å². The highest BCUT2D eigenvalue weighted by atomic mass is 35.5. The number of ether oxygens (including phenoxy) is 1. The fourth-order valence-corrected chi connectivity index (χ4v) is 3.29. The van der Waals surface area contributed by atoms with Crippen LogP contribution >= 0.6 is 23.4 Å². The molecule has 0 spiro atoms. The molecule has 27 heavy (non-hydrogen) atoms. The second kappa shape index (κ2) is 10.9. The van der Waals surface area contributed by atoms with Crippen LogP contribution in [0.4, 0.5) is 4.79 Å². The second-order valence-corrected chi connectivity index (χ2v) is 6.83. The van der Waals surface area contributed by atoms with E-state index in [0.717, 1.165) is 12.0 Å². The number of carbonyl (C=O) groups excluding carboxylic acids is 2. The zero-order valence-electron chi connectivity index (χ0n) is 15.2. The minimum atomic E-state index is -0.513. The molecule has 0 atom stereocenters. The second-order valence-electron chi connectivity index (χ2n) is 5.48. The summed E-state index contributed by atoms with van der Waals surface area (Å²) in [5, 5.41) is 14.4. The number of methoxy groups -OCH3 is 1. The van der Waals surface area contributed by atoms with E-state index in [1.54, 1.807) is 20.1 Å². The number of nitrogens with one attached hydrogen (secondary N) is 2. The predicted molar refractivity (Wildman–Crippen MR) is 105 cm³/mol. The lowest BCUT2D eigenvalue weighted by Crippen LogP contribution is -2.40. The van der Waals surface area contributed by atoms with Gasteiger partial charge in [-0.3, -0.25) is 10.1 Å². The van der Waals surface area contributed by atoms with Crippen molar-refractivity contribution in [2.45, 2.75) is 25.0 Å². The van der Waals surface area contributed by atoms with Crippen molar-refractivity contribution in [3.8, 4) is 11.4 Å². The summed E-state index contributed by atoms with van der Waals surface area (Å²) in [5.41, 5.74) is 0.766. The van der Waals surface area contributed by atoms with Crippen molar-refractivity contribution in [2.75, 3.05) is 26.0 Å². The molecule has 2 aromatic rings. The van der Waals surface area contributed by atoms with E-state index in [2.05, 4.69) is 20.8 Å². The Hall–Kier alpha value is -2.10. The summed E-state index contributed by atoms with van der Waals surface area (Å²) in [6, 6.07) is 6.87. The number of hydrogen-bond acceptors (Lipinski definition) is 6. The molecule has 0 unspecified atom stereocenters. The Morgan fingerprint density at radius 2 is 2.07 bits per heavy atom. The first-order valence-corrected chi connectivity index (χ1v) is 9.80. The third kappa shape index (κ3) is 6.23. The van der Waals surface area contributed by atoms with Crippen LogP contribution in [-0.2, 0) is 16.1 Å². The summed E-state index contributed by atoms with van der Waals surface area (Å²) in [6.45, 7) is 3.42. The molecule has 0 fully saturated rings. The zero-order valence-corrected chi connectivity index (χ0v) is 16.8. The summed E-state index contributed by atoms with van der Waals surface area (Å²) >= 11 is 7.50. The van der Waals surface area contributed by atoms with Crippen molar-refractivity contribution < 1.29 is 14.3 Å². The number of hydrogen-bond donors (Lipinski definition) is 2. The highest BCUT2D eigenvalue weighted by molar-refractivity contribution is 7.99. The van der Waals surface area contributed by atoms with Gasteiger partial charge in [-0.1, -0.05) is 35.5 Å². The fourth-order valence-electron chi connectivity index (χ4n) is 2.30. The summed E-state index contributed by atoms with van der Waals surface area (Å²) < 4.78 is 7.03. The molecule has 0 radical (unpaired) electrons. The molecular weight excluding hydrogens is 390 g/mol. The Bertz CT molecular complexity index is 784. The monoisotopic (exact) mass is 411 g/mol. The third-order valence-corrected chi connectivity index (χ3v) is 4.78. The van der Waals surface area contributed by atoms with Crippen LogP contribution in [0.2, 0.25) is 5.02 Å². The van der Waals surface area contributed by atoms with Crippen LogP contribution in [0.1, 0.15) is 13.3 Å². The molecule has 0 bridgehead atoms. The van der Waals surface area contributed by atoms with Crippen LogP contribution in [0.5, 0.6) is 0 Å². The molecule has 3 amide bonds. The van der Waals surface area contributed by atoms with Crippen molar-refractivity contribution in [1.82, 2.24) is 25.4 Å². The summed E-state index contributed by atoms with van der Waals surface area (Å²) in [5.74, 6) is 0.266. The predicted octanol–water partition coefficient (Wildman–Crippen LogP) is 2.57. The third-order valence-electron chi connectivity index (χ3n) is 3.48. The number of benzene rings is 1. The molecule has 1 aromatic heterocycles. The fraction of sp³-hybridized carbons (Fsp3) is 0.412. The van der Waals surface area contributed by atoms with E-state index >= 15 is 0 Å². The van der Waals surface area contributed by atoms with Gasteiger partial charge >= 0.3 is 6.03 Å². The van der Waals surface area contributed by atoms with E-state index in [4.69, 9.17) is 16.3 Å². The van der Waals surface area contributed by atoms with Gasteiger partial charge in [0.25, 0.3) is 0 Å². The van der Waals surface area contributed by atoms with Crippen molar-refractivity contribution in [1.29, 1.82) is 0 Å². The van der Waals surface area contributed by atoms with E-state index in [1.165, 1.54) is 11.8 Å². The smallest absolute Gasteiger partial charge is 0.321 e. The summed E-state index contributed by atoms with van der Waals surface area (Å²) in [7, 11) is 1.64. The molecule has 1 heterocycles. The van der Waals surface area contributed by atoms with Crippen LogP contribution in [0.25, 0.3) is 11.4 Å². The topological polar surface area (TPSA) is 98.1 Å². The molecule has 1 aromatic carbocycles. The SMILES string of the molecule is CCNC(=O)NC(=O)CSc1nnc(-c2ccccc2Cl)n1CCCOC. The zero-order chi connectivity index (χ0) is 19.6. The highest BCUT2D eigenvalue weighted by Gasteiger charge is 2.17. The van der Waals surface area contributed by atoms with Gasteiger partial charge in [-0.25, -0.2) is 4.79 Å². The minimum absolute atomic E-state index is 0.0437. The van der Waals surface area contributed by atoms with Crippen molar-refractivity contribution in [3.63, 3.8) is 0 Å². The molecule has 0 aliphatic carbocycles. The van der Waals surface area contributed by atoms with E-state index < -0.39 is 11.9 Å². The van der Waals surface area contributed by atoms with Crippen LogP contribution in [0.15, 0.2) is 29.4 Å². The number of thioether (sulfide) groups is 1. The number of urea groups is 1. The Morgan fingerprint density at radius 1 is 1.30 bits per heavy atom. The minimum Gasteiger partial charge on any atom is -0.385 e. The van der Waals surface area contributed by atoms with Gasteiger partial charge in [0.2, 0.25) is 5.91 Å². The molecule has 0 aliphatic rings. The summed E-state index contributed by atoms with van der Waals surface area (Å²) in [6.07, 6.45) is 0.755. The first-order valence-electron chi connectivity index (χ1n) is 8.44. The van der Waals surface area contributed by atoms with Crippen LogP contribution in [0.3, 0.4) is 0 Å². The van der Waals surface area contributed by atoms with Crippen LogP contribution in [-0.4, -0.2) is 52.7 Å². The van der Waals surface area contributed by atoms with E-state index in [0.29, 0.717) is 35.7 Å². The Kier molecular flexibility index (Phi) is 8.56. The molecule has 0 aliphatic heterocycles. The van der Waals surface area contributed by atoms with Crippen molar-refractivity contribution >= 4 is 35.3 Å². The standard InChI is InChI=1S/C17H22ClN5O3S/c1-3-19-16(25)20-14(24)11-27-17-22-21-15(23(17)9-6-10-26-2)12-7-4-5-8-13(12)18/h4-5,7-8H,3,6,9-11H2,1-2H3,(H2,19,20,24,25). The lowest BCUT2D eigenvalue weighted by atomic mass is 10.2. The largest absolute Gasteiger partial charge is 0.385 e. The number of rotatable bonds is 9. The van der Waals surface area contributed by atoms with Crippen molar-refractivity contribution in [3.05, 3.63) is 29.3 Å². The van der Waals surface area contributed by atoms with Crippen molar-refractivity contribution in [2.24, 2.45) is 0 Å². The first-order chi connectivity index (χ1) is 13.1. The first kappa shape index (κ1) is 21.2. The lowest BCUT2D eigenvalue weighted by molar-refractivity contribution is -0.117. The Labute approximate surface area is 167 Å². The number of amides is 3. The van der Waals surface area contributed by atoms with E-state index in [9.17, 15) is 9.59 Å². The number of aromatic nitrogens is 3. The van der Waals surface area contributed by atoms with E-state index in [-0.39, 0.29) is 5.75 Å². The van der Waals surface area contributed by atoms with Crippen LogP contribution < -0.4 is 10.6 Å². The molecule has 2 rings (SSSR count). The molecule has 8 nitrogen and oxygen atoms in total. The van der Waals surface area contributed by atoms with Gasteiger partial charge in [-0.15, -0.1) is 10.2 Å². The quantitative estimate of drug-likeness (QED) is 0.486. The van der Waals surface area contributed by atoms with Gasteiger partial charge in [0, 0.05) is 32.4 Å². The molecule has 0 saturated carbocycles. The Morgan fingerprint density at radius 3 is 2.78 bits per heavy atom. The Balaban J connectivity index is 2.14. The van der Waals surface area contributed by atoms with Gasteiger partial charge in [-0.2, -0.15) is 0 Å². The average molecular weight is 412 g/mol. The number of imide groups is 1. The highest BCUT2D eigenvalue weighted by Crippen LogP contribution is 2.29. The maximum absolute atomic E-state index is 11.9. The molecule has 10 heteroatoms. The van der Waals surface area contributed by atoms with Crippen LogP contribution in [0, 0.1) is 0 Å². The molecular formula is C17H22ClN5O3S.